The highest BCUT2D eigenvalue weighted by Crippen LogP contribution is 2.31. The number of hydrogen-bond donors (Lipinski definition) is 2. The van der Waals surface area contributed by atoms with Crippen LogP contribution in [0.15, 0.2) is 24.3 Å². The summed E-state index contributed by atoms with van der Waals surface area (Å²) in [7, 11) is 2.12. The van der Waals surface area contributed by atoms with Crippen molar-refractivity contribution in [2.24, 2.45) is 5.92 Å². The summed E-state index contributed by atoms with van der Waals surface area (Å²) < 4.78 is 0. The lowest BCUT2D eigenvalue weighted by Crippen LogP contribution is -2.49. The SMILES string of the molecule is CC(=O)NC(C)C(=O)N1CC(=O)C2C1CCN2C(=O)CC(C)CCNC(=O)c1ccc(N2CCN(C)CC2)cc1. The van der Waals surface area contributed by atoms with E-state index in [0.29, 0.717) is 31.5 Å². The second kappa shape index (κ2) is 12.8. The molecule has 3 aliphatic rings. The van der Waals surface area contributed by atoms with E-state index in [9.17, 15) is 24.0 Å². The molecule has 40 heavy (non-hydrogen) atoms. The number of ketones is 1. The van der Waals surface area contributed by atoms with Gasteiger partial charge in [-0.25, -0.2) is 0 Å². The van der Waals surface area contributed by atoms with Gasteiger partial charge in [0.25, 0.3) is 5.91 Å². The first-order chi connectivity index (χ1) is 19.0. The van der Waals surface area contributed by atoms with Crippen molar-refractivity contribution in [3.8, 4) is 0 Å². The van der Waals surface area contributed by atoms with E-state index in [1.807, 2.05) is 31.2 Å². The van der Waals surface area contributed by atoms with Crippen LogP contribution in [-0.2, 0) is 19.2 Å². The van der Waals surface area contributed by atoms with E-state index in [1.165, 1.54) is 11.8 Å². The number of carbonyl (C=O) groups is 5. The van der Waals surface area contributed by atoms with Crippen LogP contribution in [0.3, 0.4) is 0 Å². The number of Topliss-reactive ketones (excluding diaryl/α,β-unsaturated/α-hetero) is 1. The zero-order valence-corrected chi connectivity index (χ0v) is 24.0. The van der Waals surface area contributed by atoms with Gasteiger partial charge in [0.1, 0.15) is 12.1 Å². The Bertz CT molecular complexity index is 1120. The standard InChI is InChI=1S/C29H42N6O5/c1-19(9-11-30-28(39)22-5-7-23(8-6-22)33-15-13-32(4)14-16-33)17-26(38)34-12-10-24-27(34)25(37)18-35(24)29(40)20(2)31-21(3)36/h5-8,19-20,24,27H,9-18H2,1-4H3,(H,30,39)(H,31,36). The summed E-state index contributed by atoms with van der Waals surface area (Å²) in [5.41, 5.74) is 1.73. The summed E-state index contributed by atoms with van der Waals surface area (Å²) in [5, 5.41) is 5.53. The van der Waals surface area contributed by atoms with Crippen molar-refractivity contribution in [1.29, 1.82) is 0 Å². The summed E-state index contributed by atoms with van der Waals surface area (Å²) in [6.45, 7) is 9.72. The number of likely N-dealkylation sites (tertiary alicyclic amines) is 2. The zero-order valence-electron chi connectivity index (χ0n) is 24.0. The Morgan fingerprint density at radius 3 is 2.30 bits per heavy atom. The number of nitrogens with zero attached hydrogens (tertiary/aromatic N) is 4. The molecule has 1 aromatic rings. The predicted octanol–water partition coefficient (Wildman–Crippen LogP) is 0.490. The second-order valence-electron chi connectivity index (χ2n) is 11.4. The Morgan fingerprint density at radius 1 is 0.975 bits per heavy atom. The minimum atomic E-state index is -0.723. The molecule has 11 heteroatoms. The molecule has 0 aromatic heterocycles. The monoisotopic (exact) mass is 554 g/mol. The molecule has 0 saturated carbocycles. The van der Waals surface area contributed by atoms with Crippen LogP contribution in [0.4, 0.5) is 5.69 Å². The summed E-state index contributed by atoms with van der Waals surface area (Å²) in [6.07, 6.45) is 1.44. The van der Waals surface area contributed by atoms with Crippen molar-refractivity contribution in [3.63, 3.8) is 0 Å². The first kappa shape index (κ1) is 29.5. The number of anilines is 1. The highest BCUT2D eigenvalue weighted by atomic mass is 16.2. The van der Waals surface area contributed by atoms with Gasteiger partial charge in [-0.2, -0.15) is 0 Å². The van der Waals surface area contributed by atoms with Crippen LogP contribution in [0.25, 0.3) is 0 Å². The lowest BCUT2D eigenvalue weighted by atomic mass is 10.0. The Hall–Kier alpha value is -3.47. The van der Waals surface area contributed by atoms with E-state index in [4.69, 9.17) is 0 Å². The van der Waals surface area contributed by atoms with Crippen molar-refractivity contribution in [2.45, 2.75) is 58.2 Å². The molecule has 0 radical (unpaired) electrons. The molecule has 11 nitrogen and oxygen atoms in total. The number of fused-ring (bicyclic) bond motifs is 1. The van der Waals surface area contributed by atoms with Gasteiger partial charge in [0.05, 0.1) is 12.6 Å². The van der Waals surface area contributed by atoms with E-state index in [0.717, 1.165) is 31.9 Å². The summed E-state index contributed by atoms with van der Waals surface area (Å²) in [5.74, 6) is -0.985. The molecule has 3 fully saturated rings. The maximum Gasteiger partial charge on any atom is 0.251 e. The quantitative estimate of drug-likeness (QED) is 0.456. The highest BCUT2D eigenvalue weighted by Gasteiger charge is 2.51. The third-order valence-electron chi connectivity index (χ3n) is 8.26. The van der Waals surface area contributed by atoms with E-state index < -0.39 is 12.1 Å². The number of benzene rings is 1. The minimum Gasteiger partial charge on any atom is -0.369 e. The summed E-state index contributed by atoms with van der Waals surface area (Å²) >= 11 is 0. The van der Waals surface area contributed by atoms with E-state index in [2.05, 4.69) is 27.5 Å². The molecular weight excluding hydrogens is 512 g/mol. The summed E-state index contributed by atoms with van der Waals surface area (Å²) in [4.78, 5) is 70.5. The molecular formula is C29H42N6O5. The molecule has 4 atom stereocenters. The van der Waals surface area contributed by atoms with Crippen molar-refractivity contribution in [3.05, 3.63) is 29.8 Å². The molecule has 2 N–H and O–H groups in total. The smallest absolute Gasteiger partial charge is 0.251 e. The average Bonchev–Trinajstić information content (AvgIpc) is 3.49. The first-order valence-electron chi connectivity index (χ1n) is 14.3. The Morgan fingerprint density at radius 2 is 1.65 bits per heavy atom. The number of carbonyl (C=O) groups excluding carboxylic acids is 5. The average molecular weight is 555 g/mol. The van der Waals surface area contributed by atoms with Crippen LogP contribution in [0.1, 0.15) is 50.4 Å². The molecule has 3 heterocycles. The molecule has 0 aliphatic carbocycles. The fraction of sp³-hybridized carbons (Fsp3) is 0.621. The molecule has 218 valence electrons. The molecule has 4 amide bonds. The van der Waals surface area contributed by atoms with Gasteiger partial charge in [0.15, 0.2) is 5.78 Å². The Balaban J connectivity index is 1.21. The predicted molar refractivity (Wildman–Crippen MR) is 151 cm³/mol. The topological polar surface area (TPSA) is 122 Å². The fourth-order valence-electron chi connectivity index (χ4n) is 5.95. The van der Waals surface area contributed by atoms with Crippen LogP contribution in [0, 0.1) is 5.92 Å². The molecule has 3 saturated heterocycles. The number of nitrogens with one attached hydrogen (secondary N) is 2. The Kier molecular flexibility index (Phi) is 9.44. The molecule has 0 spiro atoms. The zero-order chi connectivity index (χ0) is 29.0. The van der Waals surface area contributed by atoms with Gasteiger partial charge in [-0.05, 0) is 57.0 Å². The number of likely N-dealkylation sites (N-methyl/N-ethyl adjacent to an activating group) is 1. The van der Waals surface area contributed by atoms with Crippen molar-refractivity contribution in [1.82, 2.24) is 25.3 Å². The van der Waals surface area contributed by atoms with E-state index >= 15 is 0 Å². The number of piperazine rings is 1. The normalized spacial score (nSPS) is 22.6. The largest absolute Gasteiger partial charge is 0.369 e. The van der Waals surface area contributed by atoms with Crippen LogP contribution >= 0.6 is 0 Å². The number of rotatable bonds is 9. The summed E-state index contributed by atoms with van der Waals surface area (Å²) in [6, 6.07) is 5.99. The third kappa shape index (κ3) is 6.80. The Labute approximate surface area is 236 Å². The van der Waals surface area contributed by atoms with Gasteiger partial charge in [-0.3, -0.25) is 24.0 Å². The molecule has 4 rings (SSSR count). The second-order valence-corrected chi connectivity index (χ2v) is 11.4. The van der Waals surface area contributed by atoms with Crippen LogP contribution in [-0.4, -0.2) is 115 Å². The van der Waals surface area contributed by atoms with Gasteiger partial charge < -0.3 is 30.2 Å². The van der Waals surface area contributed by atoms with Crippen molar-refractivity contribution in [2.75, 3.05) is 57.8 Å². The maximum atomic E-state index is 13.1. The minimum absolute atomic E-state index is 0.0143. The fourth-order valence-corrected chi connectivity index (χ4v) is 5.95. The van der Waals surface area contributed by atoms with Gasteiger partial charge in [-0.15, -0.1) is 0 Å². The van der Waals surface area contributed by atoms with E-state index in [1.54, 1.807) is 11.8 Å². The molecule has 0 bridgehead atoms. The maximum absolute atomic E-state index is 13.1. The highest BCUT2D eigenvalue weighted by molar-refractivity contribution is 5.99. The lowest BCUT2D eigenvalue weighted by molar-refractivity contribution is -0.137. The van der Waals surface area contributed by atoms with Gasteiger partial charge >= 0.3 is 0 Å². The van der Waals surface area contributed by atoms with Gasteiger partial charge in [0.2, 0.25) is 17.7 Å². The third-order valence-corrected chi connectivity index (χ3v) is 8.26. The molecule has 4 unspecified atom stereocenters. The van der Waals surface area contributed by atoms with Crippen LogP contribution < -0.4 is 15.5 Å². The molecule has 1 aromatic carbocycles. The van der Waals surface area contributed by atoms with Crippen molar-refractivity contribution >= 4 is 35.1 Å². The van der Waals surface area contributed by atoms with E-state index in [-0.39, 0.29) is 54.3 Å². The molecule has 3 aliphatic heterocycles. The number of amides is 4. The van der Waals surface area contributed by atoms with Crippen molar-refractivity contribution < 1.29 is 24.0 Å². The first-order valence-corrected chi connectivity index (χ1v) is 14.3. The van der Waals surface area contributed by atoms with Crippen LogP contribution in [0.5, 0.6) is 0 Å². The van der Waals surface area contributed by atoms with Gasteiger partial charge in [-0.1, -0.05) is 6.92 Å². The van der Waals surface area contributed by atoms with Crippen LogP contribution in [0.2, 0.25) is 0 Å². The number of hydrogen-bond acceptors (Lipinski definition) is 7. The lowest BCUT2D eigenvalue weighted by Gasteiger charge is -2.34. The van der Waals surface area contributed by atoms with Gasteiger partial charge in [0, 0.05) is 63.9 Å².